The van der Waals surface area contributed by atoms with Crippen molar-refractivity contribution in [2.45, 2.75) is 26.2 Å². The van der Waals surface area contributed by atoms with Crippen molar-refractivity contribution in [1.29, 1.82) is 5.26 Å². The number of hydrogen-bond acceptors (Lipinski definition) is 4. The van der Waals surface area contributed by atoms with Crippen molar-refractivity contribution in [3.63, 3.8) is 0 Å². The molecule has 1 aromatic carbocycles. The van der Waals surface area contributed by atoms with E-state index >= 15 is 0 Å². The molecule has 0 saturated heterocycles. The lowest BCUT2D eigenvalue weighted by molar-refractivity contribution is 0.415. The molecule has 3 aromatic rings. The van der Waals surface area contributed by atoms with Crippen LogP contribution < -0.4 is 4.74 Å². The van der Waals surface area contributed by atoms with Crippen LogP contribution in [0.5, 0.6) is 5.75 Å². The van der Waals surface area contributed by atoms with Gasteiger partial charge in [-0.25, -0.2) is 4.98 Å². The maximum absolute atomic E-state index is 9.17. The molecule has 3 rings (SSSR count). The van der Waals surface area contributed by atoms with E-state index in [1.807, 2.05) is 24.3 Å². The Hall–Kier alpha value is -2.32. The molecule has 0 fully saturated rings. The Kier molecular flexibility index (Phi) is 3.86. The fourth-order valence-corrected chi connectivity index (χ4v) is 3.53. The van der Waals surface area contributed by atoms with Gasteiger partial charge in [-0.2, -0.15) is 5.26 Å². The maximum Gasteiger partial charge on any atom is 0.194 e. The fraction of sp³-hybridized carbons (Fsp3) is 0.294. The second kappa shape index (κ2) is 5.82. The highest BCUT2D eigenvalue weighted by molar-refractivity contribution is 7.15. The van der Waals surface area contributed by atoms with Gasteiger partial charge >= 0.3 is 0 Å². The molecule has 2 heterocycles. The second-order valence-corrected chi connectivity index (χ2v) is 6.24. The lowest BCUT2D eigenvalue weighted by Gasteiger charge is -2.07. The predicted octanol–water partition coefficient (Wildman–Crippen LogP) is 4.26. The van der Waals surface area contributed by atoms with Crippen LogP contribution in [-0.4, -0.2) is 16.5 Å². The third-order valence-electron chi connectivity index (χ3n) is 3.67. The Morgan fingerprint density at radius 3 is 2.64 bits per heavy atom. The first-order valence-electron chi connectivity index (χ1n) is 7.15. The molecule has 0 saturated carbocycles. The standard InChI is InChI=1S/C17H17N3OS/c1-11(2)16-14(8-9-18)20-15(10-22-17(20)19-16)12-4-6-13(21-3)7-5-12/h4-7,10-11H,8H2,1-3H3. The molecule has 0 unspecified atom stereocenters. The third-order valence-corrected chi connectivity index (χ3v) is 4.49. The van der Waals surface area contributed by atoms with Crippen LogP contribution in [0.25, 0.3) is 16.2 Å². The van der Waals surface area contributed by atoms with Gasteiger partial charge in [0.05, 0.1) is 36.7 Å². The van der Waals surface area contributed by atoms with Gasteiger partial charge in [-0.1, -0.05) is 13.8 Å². The fourth-order valence-electron chi connectivity index (χ4n) is 2.60. The lowest BCUT2D eigenvalue weighted by Crippen LogP contribution is -1.99. The largest absolute Gasteiger partial charge is 0.497 e. The average Bonchev–Trinajstić information content (AvgIpc) is 3.08. The third kappa shape index (κ3) is 2.36. The average molecular weight is 311 g/mol. The van der Waals surface area contributed by atoms with E-state index < -0.39 is 0 Å². The van der Waals surface area contributed by atoms with Crippen molar-refractivity contribution >= 4 is 16.3 Å². The minimum Gasteiger partial charge on any atom is -0.497 e. The first kappa shape index (κ1) is 14.6. The topological polar surface area (TPSA) is 50.3 Å². The highest BCUT2D eigenvalue weighted by Gasteiger charge is 2.19. The van der Waals surface area contributed by atoms with Gasteiger partial charge in [-0.05, 0) is 35.7 Å². The predicted molar refractivity (Wildman–Crippen MR) is 88.5 cm³/mol. The van der Waals surface area contributed by atoms with Gasteiger partial charge in [0.15, 0.2) is 4.96 Å². The van der Waals surface area contributed by atoms with Crippen molar-refractivity contribution in [1.82, 2.24) is 9.38 Å². The van der Waals surface area contributed by atoms with Crippen LogP contribution in [0.3, 0.4) is 0 Å². The van der Waals surface area contributed by atoms with Gasteiger partial charge in [-0.15, -0.1) is 11.3 Å². The van der Waals surface area contributed by atoms with Gasteiger partial charge in [0, 0.05) is 5.38 Å². The molecular weight excluding hydrogens is 294 g/mol. The number of nitrogens with zero attached hydrogens (tertiary/aromatic N) is 3. The molecular formula is C17H17N3OS. The zero-order chi connectivity index (χ0) is 15.7. The Morgan fingerprint density at radius 2 is 2.05 bits per heavy atom. The van der Waals surface area contributed by atoms with Crippen LogP contribution in [0, 0.1) is 11.3 Å². The van der Waals surface area contributed by atoms with Crippen LogP contribution in [-0.2, 0) is 6.42 Å². The summed E-state index contributed by atoms with van der Waals surface area (Å²) < 4.78 is 7.33. The molecule has 112 valence electrons. The van der Waals surface area contributed by atoms with E-state index in [9.17, 15) is 0 Å². The summed E-state index contributed by atoms with van der Waals surface area (Å²) in [5.41, 5.74) is 4.19. The molecule has 0 amide bonds. The van der Waals surface area contributed by atoms with Crippen LogP contribution in [0.2, 0.25) is 0 Å². The summed E-state index contributed by atoms with van der Waals surface area (Å²) in [7, 11) is 1.66. The minimum atomic E-state index is 0.305. The Morgan fingerprint density at radius 1 is 1.32 bits per heavy atom. The molecule has 0 spiro atoms. The molecule has 0 atom stereocenters. The number of hydrogen-bond donors (Lipinski definition) is 0. The van der Waals surface area contributed by atoms with E-state index in [4.69, 9.17) is 15.0 Å². The summed E-state index contributed by atoms with van der Waals surface area (Å²) >= 11 is 1.61. The van der Waals surface area contributed by atoms with Crippen LogP contribution in [0.15, 0.2) is 29.6 Å². The first-order chi connectivity index (χ1) is 10.7. The van der Waals surface area contributed by atoms with Crippen molar-refractivity contribution in [3.8, 4) is 23.1 Å². The van der Waals surface area contributed by atoms with Crippen molar-refractivity contribution < 1.29 is 4.74 Å². The van der Waals surface area contributed by atoms with Gasteiger partial charge in [0.1, 0.15) is 5.75 Å². The van der Waals surface area contributed by atoms with Crippen molar-refractivity contribution in [3.05, 3.63) is 41.0 Å². The van der Waals surface area contributed by atoms with Crippen molar-refractivity contribution in [2.75, 3.05) is 7.11 Å². The number of imidazole rings is 1. The zero-order valence-electron chi connectivity index (χ0n) is 12.8. The molecule has 0 radical (unpaired) electrons. The molecule has 0 aliphatic rings. The smallest absolute Gasteiger partial charge is 0.194 e. The minimum absolute atomic E-state index is 0.305. The van der Waals surface area contributed by atoms with Gasteiger partial charge in [0.25, 0.3) is 0 Å². The SMILES string of the molecule is COc1ccc(-c2csc3nc(C(C)C)c(CC#N)n23)cc1. The summed E-state index contributed by atoms with van der Waals surface area (Å²) in [5.74, 6) is 1.14. The number of thiazole rings is 1. The summed E-state index contributed by atoms with van der Waals surface area (Å²) in [6.07, 6.45) is 0.370. The lowest BCUT2D eigenvalue weighted by atomic mass is 10.1. The highest BCUT2D eigenvalue weighted by atomic mass is 32.1. The number of aromatic nitrogens is 2. The molecule has 0 bridgehead atoms. The van der Waals surface area contributed by atoms with Gasteiger partial charge in [-0.3, -0.25) is 4.40 Å². The van der Waals surface area contributed by atoms with Gasteiger partial charge < -0.3 is 4.74 Å². The molecule has 22 heavy (non-hydrogen) atoms. The first-order valence-corrected chi connectivity index (χ1v) is 8.03. The van der Waals surface area contributed by atoms with E-state index in [2.05, 4.69) is 29.7 Å². The van der Waals surface area contributed by atoms with Crippen LogP contribution in [0.4, 0.5) is 0 Å². The van der Waals surface area contributed by atoms with Crippen LogP contribution in [0.1, 0.15) is 31.2 Å². The number of rotatable bonds is 4. The molecule has 5 heteroatoms. The summed E-state index contributed by atoms with van der Waals surface area (Å²) in [6, 6.07) is 10.2. The molecule has 4 nitrogen and oxygen atoms in total. The number of benzene rings is 1. The summed E-state index contributed by atoms with van der Waals surface area (Å²) in [6.45, 7) is 4.22. The van der Waals surface area contributed by atoms with E-state index in [1.54, 1.807) is 18.4 Å². The maximum atomic E-state index is 9.17. The molecule has 0 aliphatic heterocycles. The van der Waals surface area contributed by atoms with Gasteiger partial charge in [0.2, 0.25) is 0 Å². The number of fused-ring (bicyclic) bond motifs is 1. The quantitative estimate of drug-likeness (QED) is 0.723. The molecule has 0 N–H and O–H groups in total. The summed E-state index contributed by atoms with van der Waals surface area (Å²) in [5, 5.41) is 11.3. The van der Waals surface area contributed by atoms with E-state index in [-0.39, 0.29) is 0 Å². The van der Waals surface area contributed by atoms with E-state index in [0.29, 0.717) is 12.3 Å². The highest BCUT2D eigenvalue weighted by Crippen LogP contribution is 2.32. The number of ether oxygens (including phenoxy) is 1. The number of nitriles is 1. The van der Waals surface area contributed by atoms with Crippen LogP contribution >= 0.6 is 11.3 Å². The van der Waals surface area contributed by atoms with Crippen molar-refractivity contribution in [2.24, 2.45) is 0 Å². The normalized spacial score (nSPS) is 11.0. The van der Waals surface area contributed by atoms with E-state index in [1.165, 1.54) is 0 Å². The second-order valence-electron chi connectivity index (χ2n) is 5.40. The zero-order valence-corrected chi connectivity index (χ0v) is 13.6. The Bertz CT molecular complexity index is 837. The monoisotopic (exact) mass is 311 g/mol. The molecule has 0 aliphatic carbocycles. The Balaban J connectivity index is 2.19. The molecule has 2 aromatic heterocycles. The Labute approximate surface area is 133 Å². The van der Waals surface area contributed by atoms with E-state index in [0.717, 1.165) is 33.4 Å². The summed E-state index contributed by atoms with van der Waals surface area (Å²) in [4.78, 5) is 5.66. The number of methoxy groups -OCH3 is 1.